The number of benzene rings is 3. The number of ether oxygens (including phenoxy) is 1. The van der Waals surface area contributed by atoms with E-state index >= 15 is 0 Å². The number of phenolic OH excluding ortho intramolecular Hbond substituents is 1. The Kier molecular flexibility index (Phi) is 3.61. The van der Waals surface area contributed by atoms with Gasteiger partial charge in [-0.2, -0.15) is 0 Å². The van der Waals surface area contributed by atoms with Gasteiger partial charge in [-0.05, 0) is 40.1 Å². The van der Waals surface area contributed by atoms with Gasteiger partial charge in [-0.25, -0.2) is 0 Å². The number of hydrogen-bond donors (Lipinski definition) is 1. The van der Waals surface area contributed by atoms with Crippen LogP contribution in [0.15, 0.2) is 60.7 Å². The van der Waals surface area contributed by atoms with Gasteiger partial charge in [0.05, 0.1) is 7.11 Å². The van der Waals surface area contributed by atoms with Gasteiger partial charge >= 0.3 is 0 Å². The SMILES string of the molecule is COc1cc(O)cc(C=Cc2ccc3ccccc3c2)c1. The Morgan fingerprint density at radius 3 is 2.38 bits per heavy atom. The summed E-state index contributed by atoms with van der Waals surface area (Å²) in [5.74, 6) is 0.848. The van der Waals surface area contributed by atoms with Crippen molar-refractivity contribution in [3.05, 3.63) is 71.8 Å². The second kappa shape index (κ2) is 5.71. The number of aromatic hydroxyl groups is 1. The molecule has 2 nitrogen and oxygen atoms in total. The van der Waals surface area contributed by atoms with E-state index in [0.29, 0.717) is 5.75 Å². The fraction of sp³-hybridized carbons (Fsp3) is 0.0526. The normalized spacial score (nSPS) is 11.1. The highest BCUT2D eigenvalue weighted by Crippen LogP contribution is 2.23. The van der Waals surface area contributed by atoms with Crippen LogP contribution in [0.1, 0.15) is 11.1 Å². The van der Waals surface area contributed by atoms with Gasteiger partial charge in [0.25, 0.3) is 0 Å². The lowest BCUT2D eigenvalue weighted by Crippen LogP contribution is -1.83. The van der Waals surface area contributed by atoms with Crippen molar-refractivity contribution in [2.75, 3.05) is 7.11 Å². The maximum Gasteiger partial charge on any atom is 0.123 e. The van der Waals surface area contributed by atoms with E-state index in [-0.39, 0.29) is 5.75 Å². The molecule has 3 rings (SSSR count). The fourth-order valence-corrected chi connectivity index (χ4v) is 2.32. The van der Waals surface area contributed by atoms with E-state index in [1.165, 1.54) is 10.8 Å². The molecule has 0 amide bonds. The topological polar surface area (TPSA) is 29.5 Å². The lowest BCUT2D eigenvalue weighted by atomic mass is 10.1. The second-order valence-electron chi connectivity index (χ2n) is 4.90. The van der Waals surface area contributed by atoms with Crippen LogP contribution in [-0.2, 0) is 0 Å². The predicted molar refractivity (Wildman–Crippen MR) is 87.5 cm³/mol. The average molecular weight is 276 g/mol. The molecule has 2 heteroatoms. The zero-order valence-electron chi connectivity index (χ0n) is 11.8. The van der Waals surface area contributed by atoms with Crippen molar-refractivity contribution in [3.63, 3.8) is 0 Å². The van der Waals surface area contributed by atoms with Crippen LogP contribution in [0.2, 0.25) is 0 Å². The summed E-state index contributed by atoms with van der Waals surface area (Å²) in [7, 11) is 1.59. The van der Waals surface area contributed by atoms with Gasteiger partial charge in [-0.3, -0.25) is 0 Å². The summed E-state index contributed by atoms with van der Waals surface area (Å²) >= 11 is 0. The summed E-state index contributed by atoms with van der Waals surface area (Å²) in [6.07, 6.45) is 3.99. The van der Waals surface area contributed by atoms with Crippen LogP contribution in [0.5, 0.6) is 11.5 Å². The molecule has 0 bridgehead atoms. The highest BCUT2D eigenvalue weighted by Gasteiger charge is 1.98. The molecule has 0 unspecified atom stereocenters. The summed E-state index contributed by atoms with van der Waals surface area (Å²) in [6, 6.07) is 19.8. The van der Waals surface area contributed by atoms with Crippen molar-refractivity contribution >= 4 is 22.9 Å². The van der Waals surface area contributed by atoms with Gasteiger partial charge in [0.2, 0.25) is 0 Å². The first-order chi connectivity index (χ1) is 10.2. The van der Waals surface area contributed by atoms with Gasteiger partial charge in [0, 0.05) is 6.07 Å². The van der Waals surface area contributed by atoms with E-state index in [1.807, 2.05) is 30.4 Å². The highest BCUT2D eigenvalue weighted by molar-refractivity contribution is 5.86. The third-order valence-corrected chi connectivity index (χ3v) is 3.39. The van der Waals surface area contributed by atoms with Crippen LogP contribution in [-0.4, -0.2) is 12.2 Å². The first-order valence-corrected chi connectivity index (χ1v) is 6.79. The standard InChI is InChI=1S/C19H16O2/c1-21-19-12-15(11-18(20)13-19)7-6-14-8-9-16-4-2-3-5-17(16)10-14/h2-13,20H,1H3. The Morgan fingerprint density at radius 1 is 0.810 bits per heavy atom. The molecule has 3 aromatic rings. The lowest BCUT2D eigenvalue weighted by molar-refractivity contribution is 0.407. The monoisotopic (exact) mass is 276 g/mol. The number of fused-ring (bicyclic) bond motifs is 1. The molecule has 0 radical (unpaired) electrons. The van der Waals surface area contributed by atoms with E-state index in [1.54, 1.807) is 19.2 Å². The average Bonchev–Trinajstić information content (AvgIpc) is 2.52. The summed E-state index contributed by atoms with van der Waals surface area (Å²) in [5, 5.41) is 12.1. The Balaban J connectivity index is 1.92. The van der Waals surface area contributed by atoms with E-state index in [2.05, 4.69) is 30.3 Å². The molecule has 0 saturated heterocycles. The molecule has 0 saturated carbocycles. The van der Waals surface area contributed by atoms with Crippen molar-refractivity contribution in [2.45, 2.75) is 0 Å². The van der Waals surface area contributed by atoms with Crippen LogP contribution in [0, 0.1) is 0 Å². The molecule has 0 fully saturated rings. The van der Waals surface area contributed by atoms with Crippen molar-refractivity contribution in [1.29, 1.82) is 0 Å². The van der Waals surface area contributed by atoms with E-state index in [4.69, 9.17) is 4.74 Å². The second-order valence-corrected chi connectivity index (χ2v) is 4.90. The summed E-state index contributed by atoms with van der Waals surface area (Å²) in [4.78, 5) is 0. The molecule has 0 aliphatic carbocycles. The summed E-state index contributed by atoms with van der Waals surface area (Å²) < 4.78 is 5.15. The highest BCUT2D eigenvalue weighted by atomic mass is 16.5. The molecular weight excluding hydrogens is 260 g/mol. The van der Waals surface area contributed by atoms with Gasteiger partial charge < -0.3 is 9.84 Å². The molecule has 0 spiro atoms. The maximum absolute atomic E-state index is 9.65. The number of phenols is 1. The number of hydrogen-bond acceptors (Lipinski definition) is 2. The third kappa shape index (κ3) is 3.06. The smallest absolute Gasteiger partial charge is 0.123 e. The lowest BCUT2D eigenvalue weighted by Gasteiger charge is -2.03. The Labute approximate surface area is 123 Å². The molecular formula is C19H16O2. The molecule has 3 aromatic carbocycles. The zero-order chi connectivity index (χ0) is 14.7. The number of methoxy groups -OCH3 is 1. The Morgan fingerprint density at radius 2 is 1.57 bits per heavy atom. The Bertz CT molecular complexity index is 804. The quantitative estimate of drug-likeness (QED) is 0.701. The van der Waals surface area contributed by atoms with Gasteiger partial charge in [-0.15, -0.1) is 0 Å². The molecule has 104 valence electrons. The van der Waals surface area contributed by atoms with Crippen molar-refractivity contribution < 1.29 is 9.84 Å². The molecule has 1 N–H and O–H groups in total. The first-order valence-electron chi connectivity index (χ1n) is 6.79. The summed E-state index contributed by atoms with van der Waals surface area (Å²) in [6.45, 7) is 0. The van der Waals surface area contributed by atoms with Crippen LogP contribution >= 0.6 is 0 Å². The van der Waals surface area contributed by atoms with Gasteiger partial charge in [0.15, 0.2) is 0 Å². The molecule has 0 atom stereocenters. The third-order valence-electron chi connectivity index (χ3n) is 3.39. The van der Waals surface area contributed by atoms with Crippen LogP contribution in [0.4, 0.5) is 0 Å². The predicted octanol–water partition coefficient (Wildman–Crippen LogP) is 4.72. The summed E-state index contributed by atoms with van der Waals surface area (Å²) in [5.41, 5.74) is 2.02. The van der Waals surface area contributed by atoms with Gasteiger partial charge in [-0.1, -0.05) is 48.6 Å². The molecule has 21 heavy (non-hydrogen) atoms. The largest absolute Gasteiger partial charge is 0.508 e. The molecule has 0 heterocycles. The van der Waals surface area contributed by atoms with Crippen molar-refractivity contribution in [2.24, 2.45) is 0 Å². The van der Waals surface area contributed by atoms with Crippen LogP contribution < -0.4 is 4.74 Å². The van der Waals surface area contributed by atoms with E-state index in [0.717, 1.165) is 11.1 Å². The van der Waals surface area contributed by atoms with Gasteiger partial charge in [0.1, 0.15) is 11.5 Å². The fourth-order valence-electron chi connectivity index (χ4n) is 2.32. The van der Waals surface area contributed by atoms with Crippen molar-refractivity contribution in [3.8, 4) is 11.5 Å². The molecule has 0 aromatic heterocycles. The van der Waals surface area contributed by atoms with E-state index in [9.17, 15) is 5.11 Å². The molecule has 0 aliphatic heterocycles. The zero-order valence-corrected chi connectivity index (χ0v) is 11.8. The van der Waals surface area contributed by atoms with E-state index < -0.39 is 0 Å². The minimum absolute atomic E-state index is 0.201. The minimum Gasteiger partial charge on any atom is -0.508 e. The maximum atomic E-state index is 9.65. The molecule has 0 aliphatic rings. The van der Waals surface area contributed by atoms with Crippen molar-refractivity contribution in [1.82, 2.24) is 0 Å². The van der Waals surface area contributed by atoms with Crippen LogP contribution in [0.25, 0.3) is 22.9 Å². The Hall–Kier alpha value is -2.74. The number of rotatable bonds is 3. The minimum atomic E-state index is 0.201. The van der Waals surface area contributed by atoms with Crippen LogP contribution in [0.3, 0.4) is 0 Å². The first kappa shape index (κ1) is 13.3.